The smallest absolute Gasteiger partial charge is 0.327 e. The molecule has 2 N–H and O–H groups in total. The van der Waals surface area contributed by atoms with E-state index >= 15 is 0 Å². The lowest BCUT2D eigenvalue weighted by Crippen LogP contribution is -2.49. The first kappa shape index (κ1) is 17.4. The SMILES string of the molecule is NC(Cc1ccc(Cl)cc1Cl)C(C(F)(F)F)C(F)(F)F. The fourth-order valence-electron chi connectivity index (χ4n) is 1.73. The van der Waals surface area contributed by atoms with Crippen LogP contribution in [0.15, 0.2) is 18.2 Å². The molecule has 0 fully saturated rings. The molecular weight excluding hydrogens is 331 g/mol. The summed E-state index contributed by atoms with van der Waals surface area (Å²) in [5, 5.41) is 0.187. The standard InChI is InChI=1S/C11H9Cl2F6N/c12-6-2-1-5(7(13)4-6)3-8(20)9(10(14,15)16)11(17,18)19/h1-2,4,8-9H,3,20H2. The van der Waals surface area contributed by atoms with Crippen molar-refractivity contribution in [3.05, 3.63) is 33.8 Å². The Hall–Kier alpha value is -0.660. The topological polar surface area (TPSA) is 26.0 Å². The Morgan fingerprint density at radius 1 is 1.00 bits per heavy atom. The summed E-state index contributed by atoms with van der Waals surface area (Å²) < 4.78 is 74.9. The minimum absolute atomic E-state index is 0.0314. The van der Waals surface area contributed by atoms with Crippen molar-refractivity contribution < 1.29 is 26.3 Å². The predicted molar refractivity (Wildman–Crippen MR) is 63.7 cm³/mol. The van der Waals surface area contributed by atoms with Crippen LogP contribution in [-0.4, -0.2) is 18.4 Å². The first-order valence-corrected chi connectivity index (χ1v) is 6.01. The second-order valence-electron chi connectivity index (χ2n) is 4.16. The van der Waals surface area contributed by atoms with Crippen molar-refractivity contribution in [1.29, 1.82) is 0 Å². The van der Waals surface area contributed by atoms with Crippen LogP contribution in [0.3, 0.4) is 0 Å². The molecule has 0 heterocycles. The maximum atomic E-state index is 12.5. The number of rotatable bonds is 3. The highest BCUT2D eigenvalue weighted by molar-refractivity contribution is 6.35. The van der Waals surface area contributed by atoms with Crippen LogP contribution in [0.25, 0.3) is 0 Å². The zero-order valence-corrected chi connectivity index (χ0v) is 11.2. The molecule has 114 valence electrons. The molecule has 0 aromatic heterocycles. The molecule has 1 aromatic carbocycles. The fraction of sp³-hybridized carbons (Fsp3) is 0.455. The first-order chi connectivity index (χ1) is 8.93. The summed E-state index contributed by atoms with van der Waals surface area (Å²) in [6.07, 6.45) is -11.6. The lowest BCUT2D eigenvalue weighted by molar-refractivity contribution is -0.289. The molecule has 0 radical (unpaired) electrons. The molecule has 0 saturated carbocycles. The van der Waals surface area contributed by atoms with Crippen LogP contribution >= 0.6 is 23.2 Å². The van der Waals surface area contributed by atoms with Crippen molar-refractivity contribution in [2.24, 2.45) is 11.7 Å². The van der Waals surface area contributed by atoms with Crippen LogP contribution in [0.4, 0.5) is 26.3 Å². The third-order valence-electron chi connectivity index (χ3n) is 2.60. The number of hydrogen-bond donors (Lipinski definition) is 1. The third kappa shape index (κ3) is 4.43. The molecule has 1 aromatic rings. The van der Waals surface area contributed by atoms with Gasteiger partial charge in [-0.1, -0.05) is 29.3 Å². The fourth-order valence-corrected chi connectivity index (χ4v) is 2.22. The summed E-state index contributed by atoms with van der Waals surface area (Å²) >= 11 is 11.3. The lowest BCUT2D eigenvalue weighted by atomic mass is 9.93. The summed E-state index contributed by atoms with van der Waals surface area (Å²) in [5.41, 5.74) is 5.17. The van der Waals surface area contributed by atoms with Gasteiger partial charge in [-0.05, 0) is 24.1 Å². The van der Waals surface area contributed by atoms with Gasteiger partial charge in [-0.2, -0.15) is 26.3 Å². The van der Waals surface area contributed by atoms with Gasteiger partial charge in [0, 0.05) is 16.1 Å². The van der Waals surface area contributed by atoms with E-state index in [-0.39, 0.29) is 15.6 Å². The lowest BCUT2D eigenvalue weighted by Gasteiger charge is -2.28. The Kier molecular flexibility index (Phi) is 5.21. The minimum atomic E-state index is -5.48. The monoisotopic (exact) mass is 339 g/mol. The summed E-state index contributed by atoms with van der Waals surface area (Å²) in [5.74, 6) is -3.61. The van der Waals surface area contributed by atoms with Crippen LogP contribution in [0.2, 0.25) is 10.0 Å². The molecule has 0 amide bonds. The summed E-state index contributed by atoms with van der Waals surface area (Å²) in [6.45, 7) is 0. The van der Waals surface area contributed by atoms with E-state index in [0.29, 0.717) is 0 Å². The van der Waals surface area contributed by atoms with Crippen molar-refractivity contribution in [2.45, 2.75) is 24.8 Å². The van der Waals surface area contributed by atoms with Crippen LogP contribution in [0.1, 0.15) is 5.56 Å². The van der Waals surface area contributed by atoms with Crippen molar-refractivity contribution in [2.75, 3.05) is 0 Å². The second kappa shape index (κ2) is 5.99. The van der Waals surface area contributed by atoms with E-state index in [0.717, 1.165) is 0 Å². The van der Waals surface area contributed by atoms with Crippen molar-refractivity contribution in [3.63, 3.8) is 0 Å². The molecule has 1 unspecified atom stereocenters. The minimum Gasteiger partial charge on any atom is -0.327 e. The number of nitrogens with two attached hydrogens (primary N) is 1. The molecule has 0 saturated heterocycles. The van der Waals surface area contributed by atoms with E-state index < -0.39 is 30.7 Å². The Bertz CT molecular complexity index is 457. The van der Waals surface area contributed by atoms with Gasteiger partial charge in [0.05, 0.1) is 0 Å². The van der Waals surface area contributed by atoms with Gasteiger partial charge >= 0.3 is 12.4 Å². The van der Waals surface area contributed by atoms with Crippen LogP contribution < -0.4 is 5.73 Å². The molecule has 1 atom stereocenters. The number of alkyl halides is 6. The molecule has 1 nitrogen and oxygen atoms in total. The zero-order valence-electron chi connectivity index (χ0n) is 9.69. The average molecular weight is 340 g/mol. The van der Waals surface area contributed by atoms with Gasteiger partial charge in [-0.3, -0.25) is 0 Å². The largest absolute Gasteiger partial charge is 0.402 e. The summed E-state index contributed by atoms with van der Waals surface area (Å²) in [7, 11) is 0. The molecule has 9 heteroatoms. The van der Waals surface area contributed by atoms with E-state index in [1.807, 2.05) is 0 Å². The van der Waals surface area contributed by atoms with Crippen LogP contribution in [0, 0.1) is 5.92 Å². The molecule has 0 aliphatic heterocycles. The molecule has 0 aliphatic rings. The van der Waals surface area contributed by atoms with Crippen molar-refractivity contribution >= 4 is 23.2 Å². The number of hydrogen-bond acceptors (Lipinski definition) is 1. The van der Waals surface area contributed by atoms with Gasteiger partial charge in [0.15, 0.2) is 5.92 Å². The van der Waals surface area contributed by atoms with Gasteiger partial charge in [0.25, 0.3) is 0 Å². The zero-order chi connectivity index (χ0) is 15.7. The highest BCUT2D eigenvalue weighted by Crippen LogP contribution is 2.41. The van der Waals surface area contributed by atoms with Gasteiger partial charge in [-0.25, -0.2) is 0 Å². The Labute approximate surface area is 120 Å². The maximum Gasteiger partial charge on any atom is 0.402 e. The van der Waals surface area contributed by atoms with Crippen LogP contribution in [-0.2, 0) is 6.42 Å². The average Bonchev–Trinajstić information content (AvgIpc) is 2.17. The van der Waals surface area contributed by atoms with Crippen LogP contribution in [0.5, 0.6) is 0 Å². The summed E-state index contributed by atoms with van der Waals surface area (Å²) in [4.78, 5) is 0. The van der Waals surface area contributed by atoms with Gasteiger partial charge < -0.3 is 5.73 Å². The maximum absolute atomic E-state index is 12.5. The molecule has 0 spiro atoms. The molecule has 0 aliphatic carbocycles. The number of benzene rings is 1. The second-order valence-corrected chi connectivity index (χ2v) is 5.01. The third-order valence-corrected chi connectivity index (χ3v) is 3.19. The van der Waals surface area contributed by atoms with Gasteiger partial charge in [0.2, 0.25) is 0 Å². The molecule has 0 bridgehead atoms. The molecular formula is C11H9Cl2F6N. The van der Waals surface area contributed by atoms with Gasteiger partial charge in [0.1, 0.15) is 0 Å². The normalized spacial score (nSPS) is 14.7. The Balaban J connectivity index is 3.00. The van der Waals surface area contributed by atoms with E-state index in [1.54, 1.807) is 0 Å². The van der Waals surface area contributed by atoms with E-state index in [9.17, 15) is 26.3 Å². The highest BCUT2D eigenvalue weighted by atomic mass is 35.5. The molecule has 1 rings (SSSR count). The van der Waals surface area contributed by atoms with E-state index in [2.05, 4.69) is 0 Å². The van der Waals surface area contributed by atoms with E-state index in [1.165, 1.54) is 18.2 Å². The summed E-state index contributed by atoms with van der Waals surface area (Å²) in [6, 6.07) is 1.59. The number of halogens is 8. The Morgan fingerprint density at radius 2 is 1.50 bits per heavy atom. The quantitative estimate of drug-likeness (QED) is 0.800. The Morgan fingerprint density at radius 3 is 1.90 bits per heavy atom. The van der Waals surface area contributed by atoms with Crippen molar-refractivity contribution in [1.82, 2.24) is 0 Å². The molecule has 20 heavy (non-hydrogen) atoms. The predicted octanol–water partition coefficient (Wildman–Crippen LogP) is 4.60. The van der Waals surface area contributed by atoms with E-state index in [4.69, 9.17) is 28.9 Å². The first-order valence-electron chi connectivity index (χ1n) is 5.26. The van der Waals surface area contributed by atoms with Gasteiger partial charge in [-0.15, -0.1) is 0 Å². The highest BCUT2D eigenvalue weighted by Gasteiger charge is 2.59. The van der Waals surface area contributed by atoms with Crippen molar-refractivity contribution in [3.8, 4) is 0 Å².